The number of ketones is 1. The monoisotopic (exact) mass is 831 g/mol. The lowest BCUT2D eigenvalue weighted by Crippen LogP contribution is -2.17. The van der Waals surface area contributed by atoms with Gasteiger partial charge in [-0.3, -0.25) is 4.79 Å². The average molecular weight is 832 g/mol. The number of rotatable bonds is 4. The van der Waals surface area contributed by atoms with E-state index in [1.807, 2.05) is 104 Å². The van der Waals surface area contributed by atoms with E-state index in [0.717, 1.165) is 48.4 Å². The van der Waals surface area contributed by atoms with Crippen LogP contribution in [-0.2, 0) is 38.6 Å². The first-order valence-electron chi connectivity index (χ1n) is 19.9. The molecule has 2 aliphatic rings. The second kappa shape index (κ2) is 22.7. The lowest BCUT2D eigenvalue weighted by molar-refractivity contribution is -0.114. The molecule has 0 saturated heterocycles. The van der Waals surface area contributed by atoms with E-state index in [1.54, 1.807) is 25.1 Å². The van der Waals surface area contributed by atoms with Crippen molar-refractivity contribution < 1.29 is 44.0 Å². The van der Waals surface area contributed by atoms with Crippen LogP contribution in [0.1, 0.15) is 100 Å². The molecule has 0 saturated carbocycles. The smallest absolute Gasteiger partial charge is 0.342 e. The SMILES string of the molecule is C[C@@H]1C/C=C/CC/C=C/C(=NOCc2ccccc2)Cc2c(Cl)c(O)cc(O)c2C(=O)O1.Cc1cc(O)c2c(c1)CC(=O)/C=C/CC/C=C/CC(c1ccccc1)OC2=O. The molecule has 0 fully saturated rings. The lowest BCUT2D eigenvalue weighted by atomic mass is 9.98. The number of carbonyl (C=O) groups is 3. The molecule has 0 aliphatic carbocycles. The van der Waals surface area contributed by atoms with Crippen molar-refractivity contribution in [3.8, 4) is 17.2 Å². The lowest BCUT2D eigenvalue weighted by Gasteiger charge is -2.19. The van der Waals surface area contributed by atoms with Crippen LogP contribution in [0.5, 0.6) is 17.2 Å². The van der Waals surface area contributed by atoms with E-state index in [1.165, 1.54) is 6.07 Å². The number of halogens is 1. The van der Waals surface area contributed by atoms with Crippen LogP contribution in [-0.4, -0.2) is 44.9 Å². The van der Waals surface area contributed by atoms with Crippen LogP contribution < -0.4 is 0 Å². The maximum Gasteiger partial charge on any atom is 0.342 e. The summed E-state index contributed by atoms with van der Waals surface area (Å²) in [5, 5.41) is 35.1. The molecule has 0 bridgehead atoms. The van der Waals surface area contributed by atoms with Gasteiger partial charge in [0, 0.05) is 31.7 Å². The van der Waals surface area contributed by atoms with Crippen LogP contribution >= 0.6 is 11.6 Å². The third kappa shape index (κ3) is 13.3. The highest BCUT2D eigenvalue weighted by atomic mass is 35.5. The Bertz CT molecular complexity index is 2260. The first-order valence-corrected chi connectivity index (χ1v) is 20.3. The molecule has 2 heterocycles. The van der Waals surface area contributed by atoms with Gasteiger partial charge in [0.25, 0.3) is 0 Å². The van der Waals surface area contributed by atoms with Crippen molar-refractivity contribution in [1.29, 1.82) is 0 Å². The molecule has 60 heavy (non-hydrogen) atoms. The number of ether oxygens (including phenoxy) is 2. The number of phenolic OH excluding ortho intramolecular Hbond substituents is 3. The maximum absolute atomic E-state index is 13.0. The Morgan fingerprint density at radius 1 is 0.700 bits per heavy atom. The summed E-state index contributed by atoms with van der Waals surface area (Å²) in [6.07, 6.45) is 18.7. The molecule has 0 amide bonds. The predicted octanol–water partition coefficient (Wildman–Crippen LogP) is 10.7. The summed E-state index contributed by atoms with van der Waals surface area (Å²) in [5.74, 6) is -2.35. The Balaban J connectivity index is 0.000000230. The van der Waals surface area contributed by atoms with E-state index in [0.29, 0.717) is 24.1 Å². The van der Waals surface area contributed by atoms with Crippen molar-refractivity contribution in [1.82, 2.24) is 0 Å². The van der Waals surface area contributed by atoms with Crippen LogP contribution in [0.15, 0.2) is 133 Å². The molecule has 312 valence electrons. The third-order valence-electron chi connectivity index (χ3n) is 9.55. The van der Waals surface area contributed by atoms with Gasteiger partial charge in [0.15, 0.2) is 5.78 Å². The number of aryl methyl sites for hydroxylation is 1. The quantitative estimate of drug-likeness (QED) is 0.104. The van der Waals surface area contributed by atoms with Gasteiger partial charge >= 0.3 is 11.9 Å². The highest BCUT2D eigenvalue weighted by Gasteiger charge is 2.26. The van der Waals surface area contributed by atoms with Gasteiger partial charge in [-0.15, -0.1) is 0 Å². The van der Waals surface area contributed by atoms with Gasteiger partial charge in [0.1, 0.15) is 47.2 Å². The Hall–Kier alpha value is -6.39. The van der Waals surface area contributed by atoms with Crippen LogP contribution in [0.25, 0.3) is 0 Å². The number of esters is 2. The van der Waals surface area contributed by atoms with Crippen molar-refractivity contribution in [2.75, 3.05) is 0 Å². The van der Waals surface area contributed by atoms with Gasteiger partial charge in [-0.2, -0.15) is 0 Å². The number of hydrogen-bond donors (Lipinski definition) is 3. The number of nitrogens with zero attached hydrogens (tertiary/aromatic N) is 1. The standard InChI is InChI=1S/C25H26ClNO5.C24H24O4/c1-17-10-6-3-2-4-9-13-19(27-31-16-18-11-7-5-8-12-18)14-20-23(25(30)32-17)21(28)15-22(29)24(20)26;1-17-14-19-16-20(25)12-8-3-2-4-9-13-22(18-10-6-5-7-11-18)28-24(27)23(19)21(26)15-17/h3,5-9,11-13,15,17,28-29H,2,4,10,14,16H2,1H3;4-12,14-15,22,26H,2-3,13,16H2,1H3/b6-3+,13-9+,27-19?;9-4+,12-8+/t17-;/m1./s1. The third-order valence-corrected chi connectivity index (χ3v) is 9.97. The van der Waals surface area contributed by atoms with E-state index in [-0.39, 0.29) is 64.5 Å². The normalized spacial score (nSPS) is 20.6. The van der Waals surface area contributed by atoms with Crippen molar-refractivity contribution in [2.24, 2.45) is 5.16 Å². The van der Waals surface area contributed by atoms with E-state index in [4.69, 9.17) is 25.9 Å². The Morgan fingerprint density at radius 3 is 2.03 bits per heavy atom. The molecular formula is C49H50ClNO9. The van der Waals surface area contributed by atoms with Crippen LogP contribution in [0.4, 0.5) is 0 Å². The van der Waals surface area contributed by atoms with Crippen LogP contribution in [0.2, 0.25) is 5.02 Å². The molecule has 4 aromatic carbocycles. The zero-order valence-electron chi connectivity index (χ0n) is 33.8. The summed E-state index contributed by atoms with van der Waals surface area (Å²) in [4.78, 5) is 43.6. The number of oxime groups is 1. The minimum atomic E-state index is -0.717. The van der Waals surface area contributed by atoms with E-state index in [9.17, 15) is 29.7 Å². The first-order chi connectivity index (χ1) is 29.0. The molecule has 4 aromatic rings. The Labute approximate surface area is 355 Å². The summed E-state index contributed by atoms with van der Waals surface area (Å²) < 4.78 is 11.3. The van der Waals surface area contributed by atoms with Gasteiger partial charge in [0.2, 0.25) is 0 Å². The zero-order chi connectivity index (χ0) is 42.9. The van der Waals surface area contributed by atoms with Gasteiger partial charge < -0.3 is 29.6 Å². The fourth-order valence-electron chi connectivity index (χ4n) is 6.57. The second-order valence-corrected chi connectivity index (χ2v) is 14.8. The largest absolute Gasteiger partial charge is 0.507 e. The molecule has 2 aliphatic heterocycles. The maximum atomic E-state index is 13.0. The summed E-state index contributed by atoms with van der Waals surface area (Å²) in [6, 6.07) is 23.4. The molecule has 10 nitrogen and oxygen atoms in total. The Kier molecular flexibility index (Phi) is 16.9. The number of phenols is 3. The van der Waals surface area contributed by atoms with Crippen molar-refractivity contribution in [2.45, 2.75) is 84.0 Å². The molecule has 3 N–H and O–H groups in total. The van der Waals surface area contributed by atoms with Crippen LogP contribution in [0.3, 0.4) is 0 Å². The number of benzene rings is 4. The number of hydrogen-bond acceptors (Lipinski definition) is 10. The van der Waals surface area contributed by atoms with Crippen molar-refractivity contribution >= 4 is 35.0 Å². The molecule has 1 unspecified atom stereocenters. The fourth-order valence-corrected chi connectivity index (χ4v) is 6.78. The molecular weight excluding hydrogens is 782 g/mol. The number of carbonyl (C=O) groups excluding carboxylic acids is 3. The van der Waals surface area contributed by atoms with Gasteiger partial charge in [-0.1, -0.05) is 120 Å². The minimum absolute atomic E-state index is 0.0430. The van der Waals surface area contributed by atoms with Crippen molar-refractivity contribution in [3.63, 3.8) is 0 Å². The summed E-state index contributed by atoms with van der Waals surface area (Å²) in [6.45, 7) is 3.86. The number of allylic oxidation sites excluding steroid dienone is 6. The first kappa shape index (κ1) is 44.7. The van der Waals surface area contributed by atoms with Crippen molar-refractivity contribution in [3.05, 3.63) is 171 Å². The van der Waals surface area contributed by atoms with E-state index < -0.39 is 23.8 Å². The number of aromatic hydroxyl groups is 3. The van der Waals surface area contributed by atoms with Crippen LogP contribution in [0, 0.1) is 6.92 Å². The molecule has 0 radical (unpaired) electrons. The van der Waals surface area contributed by atoms with E-state index in [2.05, 4.69) is 5.16 Å². The van der Waals surface area contributed by atoms with E-state index >= 15 is 0 Å². The average Bonchev–Trinajstić information content (AvgIpc) is 3.21. The summed E-state index contributed by atoms with van der Waals surface area (Å²) in [5.41, 5.74) is 3.78. The molecule has 6 rings (SSSR count). The number of cyclic esters (lactones) is 2. The predicted molar refractivity (Wildman–Crippen MR) is 232 cm³/mol. The minimum Gasteiger partial charge on any atom is -0.507 e. The zero-order valence-corrected chi connectivity index (χ0v) is 34.5. The Morgan fingerprint density at radius 2 is 1.32 bits per heavy atom. The highest BCUT2D eigenvalue weighted by molar-refractivity contribution is 6.33. The van der Waals surface area contributed by atoms with Gasteiger partial charge in [0.05, 0.1) is 10.7 Å². The second-order valence-electron chi connectivity index (χ2n) is 14.5. The molecule has 0 aromatic heterocycles. The van der Waals surface area contributed by atoms with Gasteiger partial charge in [-0.05, 0) is 85.6 Å². The number of fused-ring (bicyclic) bond motifs is 2. The molecule has 2 atom stereocenters. The van der Waals surface area contributed by atoms with Gasteiger partial charge in [-0.25, -0.2) is 9.59 Å². The summed E-state index contributed by atoms with van der Waals surface area (Å²) in [7, 11) is 0. The topological polar surface area (TPSA) is 152 Å². The molecule has 11 heteroatoms. The fraction of sp³-hybridized carbons (Fsp3) is 0.265. The summed E-state index contributed by atoms with van der Waals surface area (Å²) >= 11 is 6.33. The molecule has 0 spiro atoms. The highest BCUT2D eigenvalue weighted by Crippen LogP contribution is 2.37.